The molecular formula is C20H13N5O2S. The van der Waals surface area contributed by atoms with E-state index in [1.165, 1.54) is 13.2 Å². The average Bonchev–Trinajstić information content (AvgIpc) is 3.26. The van der Waals surface area contributed by atoms with Crippen LogP contribution in [0.2, 0.25) is 0 Å². The van der Waals surface area contributed by atoms with Gasteiger partial charge in [0, 0.05) is 30.7 Å². The minimum Gasteiger partial charge on any atom is -0.355 e. The average molecular weight is 387 g/mol. The molecule has 0 aliphatic heterocycles. The van der Waals surface area contributed by atoms with Gasteiger partial charge in [0.1, 0.15) is 16.9 Å². The Morgan fingerprint density at radius 3 is 2.89 bits per heavy atom. The van der Waals surface area contributed by atoms with Gasteiger partial charge in [-0.3, -0.25) is 9.59 Å². The molecule has 0 bridgehead atoms. The van der Waals surface area contributed by atoms with Crippen LogP contribution in [-0.4, -0.2) is 31.3 Å². The van der Waals surface area contributed by atoms with Crippen LogP contribution in [0.15, 0.2) is 59.8 Å². The van der Waals surface area contributed by atoms with Gasteiger partial charge in [-0.25, -0.2) is 4.98 Å². The number of hydrogen-bond acceptors (Lipinski definition) is 6. The monoisotopic (exact) mass is 387 g/mol. The van der Waals surface area contributed by atoms with E-state index >= 15 is 0 Å². The molecule has 28 heavy (non-hydrogen) atoms. The summed E-state index contributed by atoms with van der Waals surface area (Å²) in [5, 5.41) is 2.87. The van der Waals surface area contributed by atoms with Crippen LogP contribution in [0.3, 0.4) is 0 Å². The maximum atomic E-state index is 12.7. The van der Waals surface area contributed by atoms with Crippen LogP contribution in [0.25, 0.3) is 16.7 Å². The Morgan fingerprint density at radius 2 is 2.11 bits per heavy atom. The Morgan fingerprint density at radius 1 is 1.21 bits per heavy atom. The third kappa shape index (κ3) is 3.26. The number of nitrogens with zero attached hydrogens (tertiary/aromatic N) is 4. The van der Waals surface area contributed by atoms with E-state index in [1.54, 1.807) is 29.1 Å². The van der Waals surface area contributed by atoms with Crippen LogP contribution in [-0.2, 0) is 0 Å². The number of nitrogens with one attached hydrogen (secondary N) is 1. The van der Waals surface area contributed by atoms with E-state index in [9.17, 15) is 9.59 Å². The van der Waals surface area contributed by atoms with Gasteiger partial charge in [0.05, 0.1) is 23.3 Å². The summed E-state index contributed by atoms with van der Waals surface area (Å²) in [7, 11) is 1.49. The first kappa shape index (κ1) is 17.6. The van der Waals surface area contributed by atoms with Crippen molar-refractivity contribution >= 4 is 28.7 Å². The highest BCUT2D eigenvalue weighted by Gasteiger charge is 2.15. The van der Waals surface area contributed by atoms with E-state index in [0.717, 1.165) is 23.0 Å². The van der Waals surface area contributed by atoms with Crippen molar-refractivity contribution in [2.24, 2.45) is 0 Å². The quantitative estimate of drug-likeness (QED) is 0.532. The molecule has 0 atom stereocenters. The SMILES string of the molecule is CNC(=O)c1cn(-c2cccc(C#Cc3cnsn3)c2)c2ncccc2c1=O. The van der Waals surface area contributed by atoms with Crippen molar-refractivity contribution in [3.05, 3.63) is 82.0 Å². The van der Waals surface area contributed by atoms with E-state index < -0.39 is 5.91 Å². The van der Waals surface area contributed by atoms with E-state index in [2.05, 4.69) is 30.9 Å². The molecule has 7 nitrogen and oxygen atoms in total. The summed E-state index contributed by atoms with van der Waals surface area (Å²) in [5.41, 5.74) is 2.26. The molecule has 8 heteroatoms. The Hall–Kier alpha value is -3.83. The molecule has 0 unspecified atom stereocenters. The van der Waals surface area contributed by atoms with Gasteiger partial charge in [-0.15, -0.1) is 0 Å². The molecule has 4 rings (SSSR count). The third-order valence-corrected chi connectivity index (χ3v) is 4.53. The lowest BCUT2D eigenvalue weighted by molar-refractivity contribution is 0.0961. The topological polar surface area (TPSA) is 89.8 Å². The van der Waals surface area contributed by atoms with Crippen molar-refractivity contribution < 1.29 is 4.79 Å². The second kappa shape index (κ2) is 7.42. The summed E-state index contributed by atoms with van der Waals surface area (Å²) in [6.45, 7) is 0. The van der Waals surface area contributed by atoms with Crippen LogP contribution >= 0.6 is 11.7 Å². The number of rotatable bonds is 2. The van der Waals surface area contributed by atoms with Crippen molar-refractivity contribution in [2.45, 2.75) is 0 Å². The summed E-state index contributed by atoms with van der Waals surface area (Å²) in [4.78, 5) is 29.2. The molecule has 0 saturated heterocycles. The summed E-state index contributed by atoms with van der Waals surface area (Å²) >= 11 is 1.10. The summed E-state index contributed by atoms with van der Waals surface area (Å²) in [5.74, 6) is 5.55. The molecule has 3 aromatic heterocycles. The van der Waals surface area contributed by atoms with Crippen molar-refractivity contribution in [3.8, 4) is 17.5 Å². The van der Waals surface area contributed by atoms with E-state index in [4.69, 9.17) is 0 Å². The highest BCUT2D eigenvalue weighted by molar-refractivity contribution is 6.99. The van der Waals surface area contributed by atoms with E-state index in [1.807, 2.05) is 24.3 Å². The smallest absolute Gasteiger partial charge is 0.256 e. The standard InChI is InChI=1S/C20H13N5O2S/c1-21-20(27)17-12-25(19-16(18(17)26)6-3-9-22-19)15-5-2-4-13(10-15)7-8-14-11-23-28-24-14/h2-6,9-12H,1H3,(H,21,27). The van der Waals surface area contributed by atoms with Crippen LogP contribution < -0.4 is 10.7 Å². The number of amides is 1. The molecule has 1 N–H and O–H groups in total. The fraction of sp³-hybridized carbons (Fsp3) is 0.0500. The largest absolute Gasteiger partial charge is 0.355 e. The van der Waals surface area contributed by atoms with Gasteiger partial charge in [-0.1, -0.05) is 12.0 Å². The normalized spacial score (nSPS) is 10.3. The second-order valence-corrected chi connectivity index (χ2v) is 6.35. The fourth-order valence-corrected chi connectivity index (χ4v) is 3.12. The van der Waals surface area contributed by atoms with Gasteiger partial charge in [0.15, 0.2) is 0 Å². The number of carbonyl (C=O) groups excluding carboxylic acids is 1. The number of benzene rings is 1. The number of pyridine rings is 2. The first-order valence-corrected chi connectivity index (χ1v) is 9.03. The van der Waals surface area contributed by atoms with Gasteiger partial charge >= 0.3 is 0 Å². The molecular weight excluding hydrogens is 374 g/mol. The van der Waals surface area contributed by atoms with Gasteiger partial charge in [-0.05, 0) is 36.3 Å². The Bertz CT molecular complexity index is 1300. The highest BCUT2D eigenvalue weighted by Crippen LogP contribution is 2.17. The molecule has 136 valence electrons. The number of hydrogen-bond donors (Lipinski definition) is 1. The number of fused-ring (bicyclic) bond motifs is 1. The fourth-order valence-electron chi connectivity index (χ4n) is 2.74. The number of aromatic nitrogens is 4. The predicted molar refractivity (Wildman–Crippen MR) is 107 cm³/mol. The maximum absolute atomic E-state index is 12.7. The van der Waals surface area contributed by atoms with Gasteiger partial charge in [0.25, 0.3) is 5.91 Å². The van der Waals surface area contributed by atoms with Gasteiger partial charge in [0.2, 0.25) is 5.43 Å². The zero-order valence-electron chi connectivity index (χ0n) is 14.7. The van der Waals surface area contributed by atoms with Gasteiger partial charge < -0.3 is 9.88 Å². The molecule has 1 amide bonds. The molecule has 0 aliphatic carbocycles. The van der Waals surface area contributed by atoms with Crippen LogP contribution in [0.1, 0.15) is 21.6 Å². The minimum absolute atomic E-state index is 0.0491. The zero-order valence-corrected chi connectivity index (χ0v) is 15.5. The van der Waals surface area contributed by atoms with E-state index in [-0.39, 0.29) is 11.0 Å². The first-order chi connectivity index (χ1) is 13.7. The molecule has 0 saturated carbocycles. The van der Waals surface area contributed by atoms with Crippen LogP contribution in [0.5, 0.6) is 0 Å². The molecule has 0 spiro atoms. The zero-order chi connectivity index (χ0) is 19.5. The summed E-state index contributed by atoms with van der Waals surface area (Å²) in [6.07, 6.45) is 4.72. The third-order valence-electron chi connectivity index (χ3n) is 4.05. The Balaban J connectivity index is 1.89. The van der Waals surface area contributed by atoms with Crippen LogP contribution in [0, 0.1) is 11.8 Å². The minimum atomic E-state index is -0.448. The van der Waals surface area contributed by atoms with Crippen LogP contribution in [0.4, 0.5) is 0 Å². The van der Waals surface area contributed by atoms with Crippen molar-refractivity contribution in [2.75, 3.05) is 7.05 Å². The summed E-state index contributed by atoms with van der Waals surface area (Å²) < 4.78 is 9.71. The van der Waals surface area contributed by atoms with Crippen molar-refractivity contribution in [1.82, 2.24) is 23.6 Å². The lowest BCUT2D eigenvalue weighted by Crippen LogP contribution is -2.27. The molecule has 1 aromatic carbocycles. The second-order valence-electron chi connectivity index (χ2n) is 5.79. The molecule has 0 radical (unpaired) electrons. The maximum Gasteiger partial charge on any atom is 0.256 e. The highest BCUT2D eigenvalue weighted by atomic mass is 32.1. The molecule has 3 heterocycles. The summed E-state index contributed by atoms with van der Waals surface area (Å²) in [6, 6.07) is 10.8. The Kier molecular flexibility index (Phi) is 4.66. The molecule has 4 aromatic rings. The van der Waals surface area contributed by atoms with Crippen molar-refractivity contribution in [1.29, 1.82) is 0 Å². The lowest BCUT2D eigenvalue weighted by Gasteiger charge is -2.12. The molecule has 0 fully saturated rings. The van der Waals surface area contributed by atoms with Gasteiger partial charge in [-0.2, -0.15) is 8.75 Å². The number of carbonyl (C=O) groups is 1. The van der Waals surface area contributed by atoms with E-state index in [0.29, 0.717) is 16.7 Å². The first-order valence-electron chi connectivity index (χ1n) is 8.30. The Labute approximate surface area is 164 Å². The molecule has 0 aliphatic rings. The predicted octanol–water partition coefficient (Wildman–Crippen LogP) is 2.00. The van der Waals surface area contributed by atoms with Crippen molar-refractivity contribution in [3.63, 3.8) is 0 Å². The lowest BCUT2D eigenvalue weighted by atomic mass is 10.1.